The number of ketones is 1. The lowest BCUT2D eigenvalue weighted by Crippen LogP contribution is -2.74. The number of aliphatic hydroxyl groups is 2. The Morgan fingerprint density at radius 3 is 2.25 bits per heavy atom. The van der Waals surface area contributed by atoms with Crippen molar-refractivity contribution in [1.29, 1.82) is 0 Å². The maximum atomic E-state index is 14.9. The molecule has 3 fully saturated rings. The van der Waals surface area contributed by atoms with Crippen LogP contribution in [0.4, 0.5) is 4.79 Å². The first kappa shape index (κ1) is 36.5. The fraction of sp³-hybridized carbons (Fsp3) is 0.711. The molecule has 11 atom stereocenters. The minimum absolute atomic E-state index is 0.0416. The van der Waals surface area contributed by atoms with Gasteiger partial charge in [0.1, 0.15) is 17.5 Å². The summed E-state index contributed by atoms with van der Waals surface area (Å²) in [5, 5.41) is 27.2. The number of methoxy groups -OCH3 is 1. The maximum absolute atomic E-state index is 14.9. The highest BCUT2D eigenvalue weighted by atomic mass is 16.6. The highest BCUT2D eigenvalue weighted by molar-refractivity contribution is 5.91. The molecule has 1 amide bonds. The van der Waals surface area contributed by atoms with Crippen LogP contribution in [0.5, 0.6) is 0 Å². The van der Waals surface area contributed by atoms with E-state index in [9.17, 15) is 24.6 Å². The van der Waals surface area contributed by atoms with Gasteiger partial charge < -0.3 is 34.5 Å². The van der Waals surface area contributed by atoms with Crippen LogP contribution in [0.3, 0.4) is 0 Å². The average Bonchev–Trinajstić information content (AvgIpc) is 2.99. The number of Topliss-reactive ketones (excluding diaryl/α,β-unsaturated/α-hetero) is 1. The standard InChI is InChI=1S/C38H55NO9/c1-20-24(47-32(42)29(40)28(23-15-13-12-14-16-23)39-33(43)48-34(4,5)6)18-38(44)22(3)30-36(9)19-46-25(36)17-26(45-11)37(30,10)31(41)21(2)27(20)35(38,7)8/h12-16,21-22,24-26,28-30,40,44H,17-19H2,1-11H3,(H,39,43)/t21-,22?,24+,25-,26+,28+,29-,30?,36-,37-,38-/m1/s1. The Labute approximate surface area is 284 Å². The number of hydrogen-bond acceptors (Lipinski definition) is 9. The number of esters is 1. The quantitative estimate of drug-likeness (QED) is 0.272. The Hall–Kier alpha value is -2.79. The van der Waals surface area contributed by atoms with E-state index in [-0.39, 0.29) is 35.7 Å². The van der Waals surface area contributed by atoms with E-state index in [2.05, 4.69) is 12.2 Å². The Kier molecular flexibility index (Phi) is 9.28. The predicted octanol–water partition coefficient (Wildman–Crippen LogP) is 5.30. The number of benzene rings is 1. The molecule has 48 heavy (non-hydrogen) atoms. The number of rotatable bonds is 6. The van der Waals surface area contributed by atoms with Crippen molar-refractivity contribution in [2.75, 3.05) is 13.7 Å². The number of carbonyl (C=O) groups excluding carboxylic acids is 3. The first-order valence-electron chi connectivity index (χ1n) is 17.2. The summed E-state index contributed by atoms with van der Waals surface area (Å²) in [7, 11) is 1.64. The van der Waals surface area contributed by atoms with Gasteiger partial charge in [-0.25, -0.2) is 9.59 Å². The first-order valence-corrected chi connectivity index (χ1v) is 17.2. The molecule has 10 heteroatoms. The zero-order valence-corrected chi connectivity index (χ0v) is 30.4. The van der Waals surface area contributed by atoms with Gasteiger partial charge in [0.15, 0.2) is 6.10 Å². The Morgan fingerprint density at radius 1 is 1.08 bits per heavy atom. The SMILES string of the molecule is CO[C@H]1C[C@H]2OC[C@@]2(C)C2C(C)[C@]3(O)C[C@H](OC(=O)[C@H](O)[C@@H](NC(=O)OC(C)(C)C)c4ccccc4)C(C)=C([C@@H](C)C(=O)[C@@]21C)C3(C)C. The minimum Gasteiger partial charge on any atom is -0.456 e. The minimum atomic E-state index is -1.79. The van der Waals surface area contributed by atoms with Crippen LogP contribution < -0.4 is 5.32 Å². The normalized spacial score (nSPS) is 38.6. The molecule has 2 bridgehead atoms. The van der Waals surface area contributed by atoms with E-state index in [4.69, 9.17) is 18.9 Å². The van der Waals surface area contributed by atoms with Crippen molar-refractivity contribution in [2.45, 2.75) is 124 Å². The summed E-state index contributed by atoms with van der Waals surface area (Å²) in [5.41, 5.74) is -2.42. The third-order valence-electron chi connectivity index (χ3n) is 12.5. The topological polar surface area (TPSA) is 141 Å². The van der Waals surface area contributed by atoms with Gasteiger partial charge in [-0.15, -0.1) is 0 Å². The number of nitrogens with one attached hydrogen (secondary N) is 1. The van der Waals surface area contributed by atoms with E-state index in [0.717, 1.165) is 5.57 Å². The van der Waals surface area contributed by atoms with Crippen molar-refractivity contribution < 1.29 is 43.5 Å². The van der Waals surface area contributed by atoms with Crippen LogP contribution in [-0.2, 0) is 28.5 Å². The number of alkyl carbamates (subject to hydrolysis) is 1. The molecule has 0 spiro atoms. The molecule has 1 aromatic rings. The van der Waals surface area contributed by atoms with Crippen LogP contribution in [0.25, 0.3) is 0 Å². The number of hydrogen-bond donors (Lipinski definition) is 3. The number of fused-ring (bicyclic) bond motifs is 5. The largest absolute Gasteiger partial charge is 0.456 e. The fourth-order valence-corrected chi connectivity index (χ4v) is 10.2. The monoisotopic (exact) mass is 669 g/mol. The summed E-state index contributed by atoms with van der Waals surface area (Å²) >= 11 is 0. The number of ether oxygens (including phenoxy) is 4. The van der Waals surface area contributed by atoms with Gasteiger partial charge in [0.05, 0.1) is 35.9 Å². The number of carbonyl (C=O) groups is 3. The van der Waals surface area contributed by atoms with Gasteiger partial charge in [0.2, 0.25) is 0 Å². The van der Waals surface area contributed by atoms with Crippen LogP contribution in [0.15, 0.2) is 41.5 Å². The second-order valence-corrected chi connectivity index (χ2v) is 16.7. The van der Waals surface area contributed by atoms with Crippen molar-refractivity contribution >= 4 is 17.8 Å². The van der Waals surface area contributed by atoms with Gasteiger partial charge in [-0.2, -0.15) is 0 Å². The second kappa shape index (κ2) is 12.2. The third kappa shape index (κ3) is 5.51. The zero-order valence-electron chi connectivity index (χ0n) is 30.4. The van der Waals surface area contributed by atoms with E-state index in [1.165, 1.54) is 0 Å². The summed E-state index contributed by atoms with van der Waals surface area (Å²) in [5.74, 6) is -2.24. The van der Waals surface area contributed by atoms with Crippen molar-refractivity contribution in [3.05, 3.63) is 47.0 Å². The molecular formula is C38H55NO9. The smallest absolute Gasteiger partial charge is 0.408 e. The van der Waals surface area contributed by atoms with Gasteiger partial charge in [-0.05, 0) is 63.2 Å². The Bertz CT molecular complexity index is 1470. The lowest BCUT2D eigenvalue weighted by molar-refractivity contribution is -0.303. The van der Waals surface area contributed by atoms with E-state index in [1.54, 1.807) is 58.2 Å². The maximum Gasteiger partial charge on any atom is 0.408 e. The second-order valence-electron chi connectivity index (χ2n) is 16.7. The van der Waals surface area contributed by atoms with E-state index in [0.29, 0.717) is 24.2 Å². The Morgan fingerprint density at radius 2 is 1.71 bits per heavy atom. The number of amides is 1. The Balaban J connectivity index is 1.54. The summed E-state index contributed by atoms with van der Waals surface area (Å²) in [6, 6.07) is 7.48. The van der Waals surface area contributed by atoms with E-state index < -0.39 is 64.2 Å². The predicted molar refractivity (Wildman–Crippen MR) is 179 cm³/mol. The van der Waals surface area contributed by atoms with Crippen molar-refractivity contribution in [3.63, 3.8) is 0 Å². The van der Waals surface area contributed by atoms with Gasteiger partial charge in [-0.3, -0.25) is 4.79 Å². The molecule has 3 aliphatic carbocycles. The molecule has 1 aliphatic heterocycles. The van der Waals surface area contributed by atoms with Crippen molar-refractivity contribution in [2.24, 2.45) is 34.0 Å². The highest BCUT2D eigenvalue weighted by Crippen LogP contribution is 2.67. The first-order chi connectivity index (χ1) is 22.1. The van der Waals surface area contributed by atoms with Crippen LogP contribution in [0.1, 0.15) is 93.7 Å². The molecule has 5 rings (SSSR count). The van der Waals surface area contributed by atoms with Crippen molar-refractivity contribution in [3.8, 4) is 0 Å². The molecular weight excluding hydrogens is 614 g/mol. The van der Waals surface area contributed by atoms with Gasteiger partial charge in [-0.1, -0.05) is 65.0 Å². The molecule has 3 N–H and O–H groups in total. The molecule has 2 saturated carbocycles. The number of aliphatic hydroxyl groups excluding tert-OH is 1. The van der Waals surface area contributed by atoms with Gasteiger partial charge in [0, 0.05) is 36.7 Å². The molecule has 10 nitrogen and oxygen atoms in total. The summed E-state index contributed by atoms with van der Waals surface area (Å²) in [4.78, 5) is 41.5. The molecule has 1 saturated heterocycles. The molecule has 1 heterocycles. The molecule has 4 aliphatic rings. The lowest BCUT2D eigenvalue weighted by atomic mass is 9.40. The van der Waals surface area contributed by atoms with Crippen LogP contribution >= 0.6 is 0 Å². The van der Waals surface area contributed by atoms with E-state index >= 15 is 0 Å². The summed E-state index contributed by atoms with van der Waals surface area (Å²) in [6.45, 7) is 19.5. The van der Waals surface area contributed by atoms with Gasteiger partial charge >= 0.3 is 12.1 Å². The molecule has 0 radical (unpaired) electrons. The summed E-state index contributed by atoms with van der Waals surface area (Å²) < 4.78 is 23.6. The highest BCUT2D eigenvalue weighted by Gasteiger charge is 2.72. The van der Waals surface area contributed by atoms with Crippen LogP contribution in [0, 0.1) is 34.0 Å². The molecule has 2 unspecified atom stereocenters. The van der Waals surface area contributed by atoms with E-state index in [1.807, 2.05) is 41.5 Å². The summed E-state index contributed by atoms with van der Waals surface area (Å²) in [6.07, 6.45) is -3.34. The zero-order chi connectivity index (χ0) is 35.8. The van der Waals surface area contributed by atoms with Gasteiger partial charge in [0.25, 0.3) is 0 Å². The molecule has 266 valence electrons. The molecule has 1 aromatic carbocycles. The molecule has 0 aromatic heterocycles. The van der Waals surface area contributed by atoms with Crippen molar-refractivity contribution in [1.82, 2.24) is 5.32 Å². The van der Waals surface area contributed by atoms with Crippen LogP contribution in [-0.4, -0.2) is 77.4 Å². The third-order valence-corrected chi connectivity index (χ3v) is 12.5. The fourth-order valence-electron chi connectivity index (χ4n) is 10.2. The average molecular weight is 670 g/mol. The lowest BCUT2D eigenvalue weighted by Gasteiger charge is -2.69. The van der Waals surface area contributed by atoms with Crippen LogP contribution in [0.2, 0.25) is 0 Å².